The summed E-state index contributed by atoms with van der Waals surface area (Å²) in [4.78, 5) is 17.3. The van der Waals surface area contributed by atoms with Crippen LogP contribution >= 0.6 is 0 Å². The van der Waals surface area contributed by atoms with E-state index < -0.39 is 0 Å². The Morgan fingerprint density at radius 2 is 2.00 bits per heavy atom. The van der Waals surface area contributed by atoms with E-state index in [4.69, 9.17) is 11.5 Å². The van der Waals surface area contributed by atoms with Crippen molar-refractivity contribution in [3.05, 3.63) is 59.9 Å². The number of nitrogens with two attached hydrogens (primary N) is 2. The van der Waals surface area contributed by atoms with Gasteiger partial charge in [0.2, 0.25) is 5.91 Å². The monoisotopic (exact) mass is 284 g/mol. The maximum atomic E-state index is 11.2. The summed E-state index contributed by atoms with van der Waals surface area (Å²) >= 11 is 0. The molecule has 0 aliphatic heterocycles. The molecule has 0 aliphatic rings. The summed E-state index contributed by atoms with van der Waals surface area (Å²) in [6.07, 6.45) is 4.41. The molecule has 21 heavy (non-hydrogen) atoms. The summed E-state index contributed by atoms with van der Waals surface area (Å²) in [7, 11) is 0. The van der Waals surface area contributed by atoms with Crippen LogP contribution in [0.3, 0.4) is 0 Å². The van der Waals surface area contributed by atoms with Crippen LogP contribution in [0.5, 0.6) is 0 Å². The van der Waals surface area contributed by atoms with Crippen LogP contribution in [0, 0.1) is 0 Å². The Balaban J connectivity index is 1.99. The molecule has 1 aromatic heterocycles. The van der Waals surface area contributed by atoms with Gasteiger partial charge in [-0.05, 0) is 35.7 Å². The van der Waals surface area contributed by atoms with Gasteiger partial charge in [-0.2, -0.15) is 0 Å². The van der Waals surface area contributed by atoms with E-state index in [0.717, 1.165) is 29.8 Å². The number of hydrogen-bond donors (Lipinski definition) is 2. The number of rotatable bonds is 7. The van der Waals surface area contributed by atoms with E-state index in [1.807, 2.05) is 47.5 Å². The second-order valence-electron chi connectivity index (χ2n) is 5.03. The van der Waals surface area contributed by atoms with Crippen LogP contribution in [0.15, 0.2) is 48.8 Å². The average Bonchev–Trinajstić information content (AvgIpc) is 2.45. The second kappa shape index (κ2) is 7.40. The third kappa shape index (κ3) is 5.24. The molecule has 0 aliphatic carbocycles. The van der Waals surface area contributed by atoms with Crippen molar-refractivity contribution >= 4 is 11.6 Å². The SMILES string of the molecule is NC(=O)CN(CCc1cccnc1)Cc1cccc(N)c1. The Hall–Kier alpha value is -2.40. The van der Waals surface area contributed by atoms with Crippen LogP contribution in [-0.2, 0) is 17.8 Å². The van der Waals surface area contributed by atoms with Crippen LogP contribution in [0.2, 0.25) is 0 Å². The summed E-state index contributed by atoms with van der Waals surface area (Å²) in [5.41, 5.74) is 14.0. The van der Waals surface area contributed by atoms with E-state index >= 15 is 0 Å². The van der Waals surface area contributed by atoms with E-state index in [9.17, 15) is 4.79 Å². The minimum absolute atomic E-state index is 0.231. The number of carbonyl (C=O) groups is 1. The predicted molar refractivity (Wildman–Crippen MR) is 83.3 cm³/mol. The van der Waals surface area contributed by atoms with Crippen LogP contribution in [0.25, 0.3) is 0 Å². The fraction of sp³-hybridized carbons (Fsp3) is 0.250. The smallest absolute Gasteiger partial charge is 0.231 e. The van der Waals surface area contributed by atoms with E-state index in [-0.39, 0.29) is 12.5 Å². The highest BCUT2D eigenvalue weighted by atomic mass is 16.1. The van der Waals surface area contributed by atoms with Crippen molar-refractivity contribution in [2.75, 3.05) is 18.8 Å². The first kappa shape index (κ1) is 15.0. The number of benzene rings is 1. The van der Waals surface area contributed by atoms with E-state index in [1.54, 1.807) is 6.20 Å². The van der Waals surface area contributed by atoms with Crippen molar-refractivity contribution in [3.63, 3.8) is 0 Å². The molecular weight excluding hydrogens is 264 g/mol. The molecule has 4 N–H and O–H groups in total. The highest BCUT2D eigenvalue weighted by Crippen LogP contribution is 2.10. The first-order valence-electron chi connectivity index (χ1n) is 6.87. The molecule has 1 amide bonds. The molecule has 1 heterocycles. The third-order valence-electron chi connectivity index (χ3n) is 3.18. The topological polar surface area (TPSA) is 85.2 Å². The number of anilines is 1. The molecular formula is C16H20N4O. The van der Waals surface area contributed by atoms with Gasteiger partial charge in [-0.3, -0.25) is 14.7 Å². The Morgan fingerprint density at radius 3 is 2.67 bits per heavy atom. The molecule has 5 heteroatoms. The number of pyridine rings is 1. The van der Waals surface area contributed by atoms with Gasteiger partial charge in [0.05, 0.1) is 6.54 Å². The highest BCUT2D eigenvalue weighted by Gasteiger charge is 2.09. The van der Waals surface area contributed by atoms with Crippen molar-refractivity contribution in [2.45, 2.75) is 13.0 Å². The summed E-state index contributed by atoms with van der Waals surface area (Å²) in [6, 6.07) is 11.6. The van der Waals surface area contributed by atoms with Gasteiger partial charge < -0.3 is 11.5 Å². The first-order valence-corrected chi connectivity index (χ1v) is 6.87. The molecule has 2 aromatic rings. The molecule has 0 bridgehead atoms. The normalized spacial score (nSPS) is 10.7. The average molecular weight is 284 g/mol. The number of amides is 1. The van der Waals surface area contributed by atoms with Gasteiger partial charge in [-0.25, -0.2) is 0 Å². The molecule has 2 rings (SSSR count). The number of carbonyl (C=O) groups excluding carboxylic acids is 1. The molecule has 110 valence electrons. The predicted octanol–water partition coefficient (Wildman–Crippen LogP) is 1.19. The van der Waals surface area contributed by atoms with Gasteiger partial charge in [0.15, 0.2) is 0 Å². The zero-order valence-electron chi connectivity index (χ0n) is 11.9. The van der Waals surface area contributed by atoms with Gasteiger partial charge in [0, 0.05) is 31.2 Å². The first-order chi connectivity index (χ1) is 10.1. The largest absolute Gasteiger partial charge is 0.399 e. The fourth-order valence-electron chi connectivity index (χ4n) is 2.22. The number of nitrogen functional groups attached to an aromatic ring is 1. The van der Waals surface area contributed by atoms with Gasteiger partial charge in [0.1, 0.15) is 0 Å². The zero-order chi connectivity index (χ0) is 15.1. The zero-order valence-corrected chi connectivity index (χ0v) is 11.9. The number of nitrogens with zero attached hydrogens (tertiary/aromatic N) is 2. The van der Waals surface area contributed by atoms with Crippen LogP contribution in [0.1, 0.15) is 11.1 Å². The molecule has 0 spiro atoms. The number of hydrogen-bond acceptors (Lipinski definition) is 4. The Morgan fingerprint density at radius 1 is 1.19 bits per heavy atom. The third-order valence-corrected chi connectivity index (χ3v) is 3.18. The van der Waals surface area contributed by atoms with Crippen molar-refractivity contribution in [1.82, 2.24) is 9.88 Å². The second-order valence-corrected chi connectivity index (χ2v) is 5.03. The molecule has 0 saturated heterocycles. The van der Waals surface area contributed by atoms with Gasteiger partial charge >= 0.3 is 0 Å². The summed E-state index contributed by atoms with van der Waals surface area (Å²) in [6.45, 7) is 1.62. The summed E-state index contributed by atoms with van der Waals surface area (Å²) in [5, 5.41) is 0. The number of primary amides is 1. The van der Waals surface area contributed by atoms with E-state index in [0.29, 0.717) is 6.54 Å². The minimum atomic E-state index is -0.329. The molecule has 0 fully saturated rings. The van der Waals surface area contributed by atoms with E-state index in [1.165, 1.54) is 0 Å². The highest BCUT2D eigenvalue weighted by molar-refractivity contribution is 5.75. The lowest BCUT2D eigenvalue weighted by Gasteiger charge is -2.21. The Labute approximate surface area is 124 Å². The van der Waals surface area contributed by atoms with Gasteiger partial charge in [-0.1, -0.05) is 18.2 Å². The Kier molecular flexibility index (Phi) is 5.29. The standard InChI is InChI=1S/C16H20N4O/c17-15-5-1-3-14(9-15)11-20(12-16(18)21)8-6-13-4-2-7-19-10-13/h1-5,7,9-10H,6,8,11-12,17H2,(H2,18,21). The molecule has 1 aromatic carbocycles. The van der Waals surface area contributed by atoms with E-state index in [2.05, 4.69) is 4.98 Å². The maximum absolute atomic E-state index is 11.2. The van der Waals surface area contributed by atoms with Crippen LogP contribution < -0.4 is 11.5 Å². The lowest BCUT2D eigenvalue weighted by Crippen LogP contribution is -2.34. The molecule has 5 nitrogen and oxygen atoms in total. The Bertz CT molecular complexity index is 586. The van der Waals surface area contributed by atoms with Crippen LogP contribution in [-0.4, -0.2) is 28.9 Å². The van der Waals surface area contributed by atoms with Crippen molar-refractivity contribution in [1.29, 1.82) is 0 Å². The molecule has 0 unspecified atom stereocenters. The lowest BCUT2D eigenvalue weighted by molar-refractivity contribution is -0.119. The van der Waals surface area contributed by atoms with Gasteiger partial charge in [0.25, 0.3) is 0 Å². The lowest BCUT2D eigenvalue weighted by atomic mass is 10.1. The van der Waals surface area contributed by atoms with Crippen molar-refractivity contribution in [2.24, 2.45) is 5.73 Å². The summed E-state index contributed by atoms with van der Waals surface area (Å²) in [5.74, 6) is -0.329. The molecule has 0 saturated carbocycles. The van der Waals surface area contributed by atoms with Crippen LogP contribution in [0.4, 0.5) is 5.69 Å². The molecule has 0 atom stereocenters. The number of aromatic nitrogens is 1. The fourth-order valence-corrected chi connectivity index (χ4v) is 2.22. The maximum Gasteiger partial charge on any atom is 0.231 e. The summed E-state index contributed by atoms with van der Waals surface area (Å²) < 4.78 is 0. The quantitative estimate of drug-likeness (QED) is 0.748. The van der Waals surface area contributed by atoms with Gasteiger partial charge in [-0.15, -0.1) is 0 Å². The molecule has 0 radical (unpaired) electrons. The van der Waals surface area contributed by atoms with Crippen molar-refractivity contribution in [3.8, 4) is 0 Å². The minimum Gasteiger partial charge on any atom is -0.399 e. The van der Waals surface area contributed by atoms with Crippen molar-refractivity contribution < 1.29 is 4.79 Å².